The molecule has 0 spiro atoms. The molecule has 1 N–H and O–H groups in total. The summed E-state index contributed by atoms with van der Waals surface area (Å²) in [6, 6.07) is 2.38. The van der Waals surface area contributed by atoms with Crippen molar-refractivity contribution < 1.29 is 37.0 Å². The number of esters is 1. The average Bonchev–Trinajstić information content (AvgIpc) is 2.92. The molecule has 11 nitrogen and oxygen atoms in total. The minimum Gasteiger partial charge on any atom is -0.419 e. The highest BCUT2D eigenvalue weighted by molar-refractivity contribution is 7.85. The van der Waals surface area contributed by atoms with E-state index < -0.39 is 37.3 Å². The van der Waals surface area contributed by atoms with Gasteiger partial charge in [0.15, 0.2) is 0 Å². The zero-order valence-electron chi connectivity index (χ0n) is 14.4. The normalized spacial score (nSPS) is 13.8. The second-order valence-electron chi connectivity index (χ2n) is 5.81. The quantitative estimate of drug-likeness (QED) is 0.120. The summed E-state index contributed by atoms with van der Waals surface area (Å²) in [5.41, 5.74) is -0.776. The number of hydrogen-bond acceptors (Lipinski definition) is 8. The molecule has 0 aliphatic carbocycles. The molecule has 1 aliphatic rings. The first kappa shape index (κ1) is 21.2. The van der Waals surface area contributed by atoms with Gasteiger partial charge in [-0.05, 0) is 25.0 Å². The van der Waals surface area contributed by atoms with E-state index in [0.29, 0.717) is 25.3 Å². The summed E-state index contributed by atoms with van der Waals surface area (Å²) in [6.45, 7) is 0.224. The van der Waals surface area contributed by atoms with E-state index in [4.69, 9.17) is 9.29 Å². The molecule has 0 radical (unpaired) electrons. The average molecular weight is 412 g/mol. The van der Waals surface area contributed by atoms with Crippen molar-refractivity contribution in [3.63, 3.8) is 0 Å². The van der Waals surface area contributed by atoms with Crippen molar-refractivity contribution in [2.45, 2.75) is 30.6 Å². The molecular weight excluding hydrogens is 396 g/mol. The van der Waals surface area contributed by atoms with E-state index >= 15 is 0 Å². The molecular formula is C16H16N2O9S. The largest absolute Gasteiger partial charge is 0.419 e. The molecule has 2 amide bonds. The molecule has 1 aromatic carbocycles. The molecule has 1 heterocycles. The zero-order chi connectivity index (χ0) is 20.9. The number of carbonyl (C=O) groups excluding carboxylic acids is 3. The summed E-state index contributed by atoms with van der Waals surface area (Å²) in [7, 11) is -4.64. The van der Waals surface area contributed by atoms with E-state index in [9.17, 15) is 32.9 Å². The van der Waals surface area contributed by atoms with Gasteiger partial charge in [0.05, 0.1) is 4.92 Å². The lowest BCUT2D eigenvalue weighted by Gasteiger charge is -2.12. The fourth-order valence-electron chi connectivity index (χ4n) is 2.43. The van der Waals surface area contributed by atoms with E-state index in [1.807, 2.05) is 0 Å². The standard InChI is InChI=1S/C16H16N2O9S/c19-14-7-8-15(20)17(14)9-3-1-2-4-16(21)27-13-6-5-11(28(24,25)26)10-12(13)18(22)23/h5-8,10H,1-4,9H2,(H,24,25,26). The number of hydrogen-bond donors (Lipinski definition) is 1. The van der Waals surface area contributed by atoms with Crippen LogP contribution in [0.4, 0.5) is 5.69 Å². The van der Waals surface area contributed by atoms with Gasteiger partial charge in [-0.25, -0.2) is 0 Å². The Bertz CT molecular complexity index is 935. The smallest absolute Gasteiger partial charge is 0.313 e. The van der Waals surface area contributed by atoms with Crippen LogP contribution in [0.2, 0.25) is 0 Å². The summed E-state index contributed by atoms with van der Waals surface area (Å²) >= 11 is 0. The zero-order valence-corrected chi connectivity index (χ0v) is 15.3. The SMILES string of the molecule is O=C(CCCCCN1C(=O)C=CC1=O)Oc1ccc(S(=O)(=O)O)cc1[N+](=O)[O-]. The highest BCUT2D eigenvalue weighted by atomic mass is 32.2. The summed E-state index contributed by atoms with van der Waals surface area (Å²) < 4.78 is 36.0. The number of nitrogens with zero attached hydrogens (tertiary/aromatic N) is 2. The Labute approximate surface area is 159 Å². The van der Waals surface area contributed by atoms with Crippen LogP contribution in [-0.4, -0.2) is 47.1 Å². The van der Waals surface area contributed by atoms with Gasteiger partial charge in [0, 0.05) is 31.2 Å². The third-order valence-electron chi connectivity index (χ3n) is 3.81. The van der Waals surface area contributed by atoms with Crippen LogP contribution in [-0.2, 0) is 24.5 Å². The van der Waals surface area contributed by atoms with Crippen LogP contribution in [0.1, 0.15) is 25.7 Å². The summed E-state index contributed by atoms with van der Waals surface area (Å²) in [5, 5.41) is 11.0. The molecule has 0 saturated heterocycles. The van der Waals surface area contributed by atoms with E-state index in [2.05, 4.69) is 0 Å². The first-order chi connectivity index (χ1) is 13.1. The lowest BCUT2D eigenvalue weighted by molar-refractivity contribution is -0.385. The number of imide groups is 1. The molecule has 0 fully saturated rings. The lowest BCUT2D eigenvalue weighted by Crippen LogP contribution is -2.30. The molecule has 1 aliphatic heterocycles. The van der Waals surface area contributed by atoms with Gasteiger partial charge in [0.1, 0.15) is 4.90 Å². The molecule has 1 aromatic rings. The first-order valence-electron chi connectivity index (χ1n) is 8.10. The van der Waals surface area contributed by atoms with Crippen LogP contribution in [0, 0.1) is 10.1 Å². The van der Waals surface area contributed by atoms with Crippen molar-refractivity contribution in [1.29, 1.82) is 0 Å². The van der Waals surface area contributed by atoms with Gasteiger partial charge in [-0.3, -0.25) is 34.0 Å². The number of carbonyl (C=O) groups is 3. The Morgan fingerprint density at radius 1 is 1.14 bits per heavy atom. The van der Waals surface area contributed by atoms with Gasteiger partial charge in [-0.1, -0.05) is 6.42 Å². The summed E-state index contributed by atoms with van der Waals surface area (Å²) in [5.74, 6) is -1.98. The maximum atomic E-state index is 11.9. The highest BCUT2D eigenvalue weighted by Gasteiger charge is 2.23. The van der Waals surface area contributed by atoms with Gasteiger partial charge < -0.3 is 4.74 Å². The maximum absolute atomic E-state index is 11.9. The van der Waals surface area contributed by atoms with Crippen LogP contribution >= 0.6 is 0 Å². The first-order valence-corrected chi connectivity index (χ1v) is 9.54. The maximum Gasteiger partial charge on any atom is 0.313 e. The molecule has 0 saturated carbocycles. The molecule has 150 valence electrons. The van der Waals surface area contributed by atoms with Crippen LogP contribution in [0.3, 0.4) is 0 Å². The summed E-state index contributed by atoms with van der Waals surface area (Å²) in [4.78, 5) is 45.1. The van der Waals surface area contributed by atoms with Gasteiger partial charge in [-0.15, -0.1) is 0 Å². The minimum atomic E-state index is -4.64. The lowest BCUT2D eigenvalue weighted by atomic mass is 10.2. The van der Waals surface area contributed by atoms with Crippen molar-refractivity contribution in [3.8, 4) is 5.75 Å². The fraction of sp³-hybridized carbons (Fsp3) is 0.312. The van der Waals surface area contributed by atoms with Crippen molar-refractivity contribution in [2.75, 3.05) is 6.54 Å². The van der Waals surface area contributed by atoms with Crippen molar-refractivity contribution in [3.05, 3.63) is 40.5 Å². The van der Waals surface area contributed by atoms with Crippen molar-refractivity contribution in [1.82, 2.24) is 4.90 Å². The van der Waals surface area contributed by atoms with E-state index in [1.54, 1.807) is 0 Å². The number of nitro groups is 1. The number of nitro benzene ring substituents is 1. The Hall–Kier alpha value is -3.12. The minimum absolute atomic E-state index is 0.0721. The third-order valence-corrected chi connectivity index (χ3v) is 4.66. The number of amides is 2. The molecule has 2 rings (SSSR count). The Balaban J connectivity index is 1.85. The fourth-order valence-corrected chi connectivity index (χ4v) is 2.93. The second-order valence-corrected chi connectivity index (χ2v) is 7.23. The van der Waals surface area contributed by atoms with Gasteiger partial charge in [-0.2, -0.15) is 8.42 Å². The number of rotatable bonds is 9. The molecule has 28 heavy (non-hydrogen) atoms. The highest BCUT2D eigenvalue weighted by Crippen LogP contribution is 2.30. The predicted molar refractivity (Wildman–Crippen MR) is 92.9 cm³/mol. The molecule has 0 atom stereocenters. The van der Waals surface area contributed by atoms with E-state index in [1.165, 1.54) is 12.2 Å². The monoisotopic (exact) mass is 412 g/mol. The number of benzene rings is 1. The molecule has 0 bridgehead atoms. The topological polar surface area (TPSA) is 161 Å². The number of unbranched alkanes of at least 4 members (excludes halogenated alkanes) is 2. The molecule has 0 aromatic heterocycles. The Kier molecular flexibility index (Phi) is 6.59. The van der Waals surface area contributed by atoms with Crippen LogP contribution < -0.4 is 4.74 Å². The second kappa shape index (κ2) is 8.71. The Morgan fingerprint density at radius 2 is 1.79 bits per heavy atom. The van der Waals surface area contributed by atoms with Crippen molar-refractivity contribution >= 4 is 33.6 Å². The van der Waals surface area contributed by atoms with Crippen molar-refractivity contribution in [2.24, 2.45) is 0 Å². The van der Waals surface area contributed by atoms with E-state index in [0.717, 1.165) is 17.0 Å². The van der Waals surface area contributed by atoms with Crippen LogP contribution in [0.25, 0.3) is 0 Å². The van der Waals surface area contributed by atoms with E-state index in [-0.39, 0.29) is 24.8 Å². The predicted octanol–water partition coefficient (Wildman–Crippen LogP) is 1.23. The van der Waals surface area contributed by atoms with Gasteiger partial charge in [0.2, 0.25) is 5.75 Å². The van der Waals surface area contributed by atoms with Gasteiger partial charge >= 0.3 is 11.7 Å². The number of ether oxygens (including phenoxy) is 1. The van der Waals surface area contributed by atoms with Gasteiger partial charge in [0.25, 0.3) is 21.9 Å². The Morgan fingerprint density at radius 3 is 2.36 bits per heavy atom. The summed E-state index contributed by atoms with van der Waals surface area (Å²) in [6.07, 6.45) is 3.64. The van der Waals surface area contributed by atoms with Crippen LogP contribution in [0.5, 0.6) is 5.75 Å². The third kappa shape index (κ3) is 5.44. The van der Waals surface area contributed by atoms with Crippen LogP contribution in [0.15, 0.2) is 35.2 Å². The molecule has 0 unspecified atom stereocenters. The molecule has 12 heteroatoms.